The first-order valence-corrected chi connectivity index (χ1v) is 6.48. The van der Waals surface area contributed by atoms with E-state index in [9.17, 15) is 4.39 Å². The summed E-state index contributed by atoms with van der Waals surface area (Å²) in [6.07, 6.45) is 0.873. The average Bonchev–Trinajstić information content (AvgIpc) is 2.34. The molecule has 4 heteroatoms. The molecule has 0 bridgehead atoms. The lowest BCUT2D eigenvalue weighted by atomic mass is 10.1. The molecule has 0 heterocycles. The van der Waals surface area contributed by atoms with Gasteiger partial charge in [-0.25, -0.2) is 4.39 Å². The van der Waals surface area contributed by atoms with Gasteiger partial charge in [0.25, 0.3) is 0 Å². The Bertz CT molecular complexity index is 543. The van der Waals surface area contributed by atoms with Crippen molar-refractivity contribution in [2.24, 2.45) is 0 Å². The maximum atomic E-state index is 12.9. The molecule has 0 unspecified atom stereocenters. The fourth-order valence-electron chi connectivity index (χ4n) is 1.73. The molecule has 2 nitrogen and oxygen atoms in total. The molecule has 0 spiro atoms. The molecule has 0 amide bonds. The molecule has 0 aromatic heterocycles. The smallest absolute Gasteiger partial charge is 0.125 e. The van der Waals surface area contributed by atoms with Crippen molar-refractivity contribution in [1.29, 1.82) is 0 Å². The van der Waals surface area contributed by atoms with Crippen LogP contribution >= 0.6 is 15.9 Å². The molecule has 0 aliphatic carbocycles. The molecule has 0 aliphatic heterocycles. The summed E-state index contributed by atoms with van der Waals surface area (Å²) in [5.74, 6) is -0.316. The topological polar surface area (TPSA) is 38.0 Å². The number of nitrogens with two attached hydrogens (primary N) is 1. The molecular formula is C14H14BrFN2. The monoisotopic (exact) mass is 308 g/mol. The van der Waals surface area contributed by atoms with Gasteiger partial charge in [0.15, 0.2) is 0 Å². The molecule has 3 N–H and O–H groups in total. The maximum Gasteiger partial charge on any atom is 0.125 e. The molecule has 2 aromatic rings. The van der Waals surface area contributed by atoms with E-state index in [4.69, 9.17) is 5.73 Å². The Morgan fingerprint density at radius 3 is 2.67 bits per heavy atom. The van der Waals surface area contributed by atoms with Gasteiger partial charge in [-0.2, -0.15) is 0 Å². The Morgan fingerprint density at radius 1 is 1.17 bits per heavy atom. The Hall–Kier alpha value is -1.55. The lowest BCUT2D eigenvalue weighted by Crippen LogP contribution is -2.07. The van der Waals surface area contributed by atoms with Gasteiger partial charge in [0.1, 0.15) is 5.82 Å². The largest absolute Gasteiger partial charge is 0.397 e. The second kappa shape index (κ2) is 5.87. The third-order valence-corrected chi connectivity index (χ3v) is 3.45. The third kappa shape index (κ3) is 3.23. The lowest BCUT2D eigenvalue weighted by molar-refractivity contribution is 0.628. The number of halogens is 2. The van der Waals surface area contributed by atoms with Crippen LogP contribution in [0.4, 0.5) is 15.8 Å². The van der Waals surface area contributed by atoms with E-state index < -0.39 is 0 Å². The summed E-state index contributed by atoms with van der Waals surface area (Å²) in [6.45, 7) is 0.748. The number of benzene rings is 2. The molecule has 0 fully saturated rings. The van der Waals surface area contributed by atoms with Crippen LogP contribution in [-0.2, 0) is 6.42 Å². The van der Waals surface area contributed by atoms with Gasteiger partial charge < -0.3 is 11.1 Å². The van der Waals surface area contributed by atoms with Crippen LogP contribution in [0, 0.1) is 5.82 Å². The summed E-state index contributed by atoms with van der Waals surface area (Å²) in [7, 11) is 0. The van der Waals surface area contributed by atoms with Crippen LogP contribution in [0.2, 0.25) is 0 Å². The standard InChI is InChI=1S/C14H14BrFN2/c15-12-4-2-1-3-10(12)7-8-18-14-6-5-11(16)9-13(14)17/h1-6,9,18H,7-8,17H2. The van der Waals surface area contributed by atoms with E-state index >= 15 is 0 Å². The van der Waals surface area contributed by atoms with Gasteiger partial charge in [0.05, 0.1) is 11.4 Å². The van der Waals surface area contributed by atoms with Gasteiger partial charge >= 0.3 is 0 Å². The number of nitrogens with one attached hydrogen (secondary N) is 1. The maximum absolute atomic E-state index is 12.9. The Morgan fingerprint density at radius 2 is 1.94 bits per heavy atom. The van der Waals surface area contributed by atoms with Crippen molar-refractivity contribution in [3.05, 3.63) is 58.3 Å². The van der Waals surface area contributed by atoms with Gasteiger partial charge in [-0.05, 0) is 36.2 Å². The summed E-state index contributed by atoms with van der Waals surface area (Å²) in [5, 5.41) is 3.20. The van der Waals surface area contributed by atoms with E-state index in [-0.39, 0.29) is 5.82 Å². The summed E-state index contributed by atoms with van der Waals surface area (Å²) < 4.78 is 14.0. The lowest BCUT2D eigenvalue weighted by Gasteiger charge is -2.10. The molecule has 94 valence electrons. The van der Waals surface area contributed by atoms with Gasteiger partial charge in [-0.15, -0.1) is 0 Å². The normalized spacial score (nSPS) is 10.3. The Kier molecular flexibility index (Phi) is 4.20. The van der Waals surface area contributed by atoms with E-state index in [0.717, 1.165) is 23.1 Å². The molecule has 0 saturated carbocycles. The van der Waals surface area contributed by atoms with E-state index in [1.807, 2.05) is 18.2 Å². The Labute approximate surface area is 114 Å². The minimum Gasteiger partial charge on any atom is -0.397 e. The van der Waals surface area contributed by atoms with Gasteiger partial charge in [0, 0.05) is 11.0 Å². The van der Waals surface area contributed by atoms with Crippen molar-refractivity contribution >= 4 is 27.3 Å². The molecule has 0 atom stereocenters. The fourth-order valence-corrected chi connectivity index (χ4v) is 2.21. The fraction of sp³-hybridized carbons (Fsp3) is 0.143. The summed E-state index contributed by atoms with van der Waals surface area (Å²) in [6, 6.07) is 12.5. The van der Waals surface area contributed by atoms with Crippen LogP contribution in [0.5, 0.6) is 0 Å². The molecule has 2 aromatic carbocycles. The van der Waals surface area contributed by atoms with E-state index in [2.05, 4.69) is 27.3 Å². The van der Waals surface area contributed by atoms with Crippen LogP contribution in [0.25, 0.3) is 0 Å². The van der Waals surface area contributed by atoms with Crippen molar-refractivity contribution in [1.82, 2.24) is 0 Å². The molecule has 0 radical (unpaired) electrons. The number of rotatable bonds is 4. The van der Waals surface area contributed by atoms with Crippen LogP contribution in [0.15, 0.2) is 46.9 Å². The first kappa shape index (κ1) is 12.9. The predicted molar refractivity (Wildman–Crippen MR) is 77.1 cm³/mol. The van der Waals surface area contributed by atoms with Crippen molar-refractivity contribution in [2.45, 2.75) is 6.42 Å². The zero-order valence-electron chi connectivity index (χ0n) is 9.79. The summed E-state index contributed by atoms with van der Waals surface area (Å²) in [5.41, 5.74) is 8.15. The minimum atomic E-state index is -0.316. The molecule has 18 heavy (non-hydrogen) atoms. The molecule has 0 saturated heterocycles. The second-order valence-electron chi connectivity index (χ2n) is 4.00. The van der Waals surface area contributed by atoms with Crippen LogP contribution in [0.3, 0.4) is 0 Å². The highest BCUT2D eigenvalue weighted by atomic mass is 79.9. The van der Waals surface area contributed by atoms with Gasteiger partial charge in [0.2, 0.25) is 0 Å². The number of hydrogen-bond acceptors (Lipinski definition) is 2. The first-order chi connectivity index (χ1) is 8.66. The second-order valence-corrected chi connectivity index (χ2v) is 4.85. The number of nitrogen functional groups attached to an aromatic ring is 1. The van der Waals surface area contributed by atoms with E-state index in [0.29, 0.717) is 5.69 Å². The highest BCUT2D eigenvalue weighted by Crippen LogP contribution is 2.20. The first-order valence-electron chi connectivity index (χ1n) is 5.69. The zero-order chi connectivity index (χ0) is 13.0. The molecular weight excluding hydrogens is 295 g/mol. The van der Waals surface area contributed by atoms with E-state index in [1.54, 1.807) is 6.07 Å². The summed E-state index contributed by atoms with van der Waals surface area (Å²) >= 11 is 3.50. The molecule has 2 rings (SSSR count). The Balaban J connectivity index is 1.95. The van der Waals surface area contributed by atoms with Crippen LogP contribution in [-0.4, -0.2) is 6.54 Å². The highest BCUT2D eigenvalue weighted by molar-refractivity contribution is 9.10. The van der Waals surface area contributed by atoms with Crippen molar-refractivity contribution < 1.29 is 4.39 Å². The van der Waals surface area contributed by atoms with E-state index in [1.165, 1.54) is 17.7 Å². The van der Waals surface area contributed by atoms with Gasteiger partial charge in [-0.3, -0.25) is 0 Å². The van der Waals surface area contributed by atoms with Crippen molar-refractivity contribution in [2.75, 3.05) is 17.6 Å². The van der Waals surface area contributed by atoms with Crippen LogP contribution in [0.1, 0.15) is 5.56 Å². The van der Waals surface area contributed by atoms with Crippen molar-refractivity contribution in [3.8, 4) is 0 Å². The predicted octanol–water partition coefficient (Wildman–Crippen LogP) is 3.83. The SMILES string of the molecule is Nc1cc(F)ccc1NCCc1ccccc1Br. The average molecular weight is 309 g/mol. The minimum absolute atomic E-state index is 0.316. The van der Waals surface area contributed by atoms with Crippen molar-refractivity contribution in [3.63, 3.8) is 0 Å². The van der Waals surface area contributed by atoms with Crippen LogP contribution < -0.4 is 11.1 Å². The molecule has 0 aliphatic rings. The quantitative estimate of drug-likeness (QED) is 0.843. The van der Waals surface area contributed by atoms with Gasteiger partial charge in [-0.1, -0.05) is 34.1 Å². The highest BCUT2D eigenvalue weighted by Gasteiger charge is 2.01. The zero-order valence-corrected chi connectivity index (χ0v) is 11.4. The number of hydrogen-bond donors (Lipinski definition) is 2. The number of anilines is 2. The summed E-state index contributed by atoms with van der Waals surface area (Å²) in [4.78, 5) is 0. The third-order valence-electron chi connectivity index (χ3n) is 2.68.